The first kappa shape index (κ1) is 19.4. The van der Waals surface area contributed by atoms with Gasteiger partial charge < -0.3 is 5.32 Å². The van der Waals surface area contributed by atoms with E-state index in [1.165, 1.54) is 51.4 Å². The molecule has 1 amide bonds. The standard InChI is InChI=1S/C21H32BN3O/c22-21(14-9-5-3-1-2-4-6-10-15-21)25-20(26)18-13-16-23-19(24-18)17-11-7-8-12-17/h13,16-17H,1-12,14-15H2,(H,25,26). The Morgan fingerprint density at radius 2 is 1.54 bits per heavy atom. The number of hydrogen-bond donors (Lipinski definition) is 1. The molecule has 2 fully saturated rings. The lowest BCUT2D eigenvalue weighted by molar-refractivity contribution is 0.0913. The zero-order valence-electron chi connectivity index (χ0n) is 16.0. The number of carbonyl (C=O) groups is 1. The Bertz CT molecular complexity index is 574. The van der Waals surface area contributed by atoms with E-state index in [0.717, 1.165) is 44.3 Å². The topological polar surface area (TPSA) is 54.9 Å². The lowest BCUT2D eigenvalue weighted by Gasteiger charge is -2.32. The van der Waals surface area contributed by atoms with Gasteiger partial charge in [-0.05, 0) is 31.7 Å². The van der Waals surface area contributed by atoms with Crippen molar-refractivity contribution in [3.63, 3.8) is 0 Å². The summed E-state index contributed by atoms with van der Waals surface area (Å²) in [5, 5.41) is 3.11. The number of carbonyl (C=O) groups excluding carboxylic acids is 1. The van der Waals surface area contributed by atoms with E-state index in [4.69, 9.17) is 7.85 Å². The summed E-state index contributed by atoms with van der Waals surface area (Å²) in [4.78, 5) is 21.8. The van der Waals surface area contributed by atoms with Crippen LogP contribution in [-0.4, -0.2) is 29.2 Å². The second-order valence-corrected chi connectivity index (χ2v) is 8.22. The second-order valence-electron chi connectivity index (χ2n) is 8.22. The van der Waals surface area contributed by atoms with Crippen molar-refractivity contribution >= 4 is 13.8 Å². The van der Waals surface area contributed by atoms with Crippen LogP contribution in [0.4, 0.5) is 0 Å². The Kier molecular flexibility index (Phi) is 7.10. The van der Waals surface area contributed by atoms with E-state index in [1.54, 1.807) is 12.3 Å². The summed E-state index contributed by atoms with van der Waals surface area (Å²) in [5.41, 5.74) is -0.152. The highest BCUT2D eigenvalue weighted by molar-refractivity contribution is 6.17. The quantitative estimate of drug-likeness (QED) is 0.805. The van der Waals surface area contributed by atoms with E-state index in [9.17, 15) is 4.79 Å². The number of hydrogen-bond acceptors (Lipinski definition) is 3. The fraction of sp³-hybridized carbons (Fsp3) is 0.762. The molecule has 0 spiro atoms. The number of rotatable bonds is 3. The van der Waals surface area contributed by atoms with Gasteiger partial charge in [-0.15, -0.1) is 0 Å². The SMILES string of the molecule is [B]C1(NC(=O)c2ccnc(C3CCCC3)n2)CCCCCCCCCC1. The van der Waals surface area contributed by atoms with Gasteiger partial charge in [0.05, 0.1) is 0 Å². The second kappa shape index (κ2) is 9.52. The highest BCUT2D eigenvalue weighted by atomic mass is 16.2. The van der Waals surface area contributed by atoms with Crippen LogP contribution in [0.15, 0.2) is 12.3 Å². The summed E-state index contributed by atoms with van der Waals surface area (Å²) < 4.78 is 0. The molecule has 0 saturated heterocycles. The molecule has 2 radical (unpaired) electrons. The number of nitrogens with one attached hydrogen (secondary N) is 1. The van der Waals surface area contributed by atoms with Gasteiger partial charge in [0.25, 0.3) is 5.91 Å². The minimum absolute atomic E-state index is 0.149. The van der Waals surface area contributed by atoms with Crippen LogP contribution in [0.3, 0.4) is 0 Å². The van der Waals surface area contributed by atoms with Gasteiger partial charge in [-0.2, -0.15) is 0 Å². The van der Waals surface area contributed by atoms with Gasteiger partial charge in [0.2, 0.25) is 0 Å². The monoisotopic (exact) mass is 353 g/mol. The van der Waals surface area contributed by atoms with Crippen LogP contribution in [0.5, 0.6) is 0 Å². The van der Waals surface area contributed by atoms with Crippen molar-refractivity contribution in [3.8, 4) is 0 Å². The molecule has 1 N–H and O–H groups in total. The number of aromatic nitrogens is 2. The fourth-order valence-electron chi connectivity index (χ4n) is 4.36. The summed E-state index contributed by atoms with van der Waals surface area (Å²) in [6.07, 6.45) is 17.9. The van der Waals surface area contributed by atoms with E-state index in [-0.39, 0.29) is 5.91 Å². The van der Waals surface area contributed by atoms with E-state index >= 15 is 0 Å². The summed E-state index contributed by atoms with van der Waals surface area (Å²) >= 11 is 0. The van der Waals surface area contributed by atoms with Gasteiger partial charge in [0, 0.05) is 17.6 Å². The van der Waals surface area contributed by atoms with Crippen LogP contribution in [-0.2, 0) is 0 Å². The normalized spacial score (nSPS) is 22.5. The molecule has 0 aliphatic heterocycles. The van der Waals surface area contributed by atoms with E-state index in [2.05, 4.69) is 15.3 Å². The summed E-state index contributed by atoms with van der Waals surface area (Å²) in [6.45, 7) is 0. The maximum atomic E-state index is 12.8. The van der Waals surface area contributed by atoms with Crippen LogP contribution in [0, 0.1) is 0 Å². The van der Waals surface area contributed by atoms with E-state index in [0.29, 0.717) is 11.6 Å². The van der Waals surface area contributed by atoms with E-state index in [1.807, 2.05) is 0 Å². The molecule has 0 bridgehead atoms. The molecular formula is C21H32BN3O. The molecule has 2 saturated carbocycles. The zero-order valence-corrected chi connectivity index (χ0v) is 16.0. The summed E-state index contributed by atoms with van der Waals surface area (Å²) in [5.74, 6) is 1.08. The smallest absolute Gasteiger partial charge is 0.269 e. The molecule has 5 heteroatoms. The summed E-state index contributed by atoms with van der Waals surface area (Å²) in [7, 11) is 6.62. The Balaban J connectivity index is 1.65. The Labute approximate surface area is 159 Å². The first-order chi connectivity index (χ1) is 12.7. The van der Waals surface area contributed by atoms with Crippen molar-refractivity contribution < 1.29 is 4.79 Å². The molecule has 1 heterocycles. The molecule has 2 aliphatic carbocycles. The Morgan fingerprint density at radius 3 is 2.15 bits per heavy atom. The predicted octanol–water partition coefficient (Wildman–Crippen LogP) is 4.64. The van der Waals surface area contributed by atoms with Crippen molar-refractivity contribution in [1.29, 1.82) is 0 Å². The van der Waals surface area contributed by atoms with Crippen LogP contribution < -0.4 is 5.32 Å². The minimum Gasteiger partial charge on any atom is -0.354 e. The van der Waals surface area contributed by atoms with Crippen LogP contribution in [0.2, 0.25) is 0 Å². The molecule has 0 aromatic carbocycles. The first-order valence-electron chi connectivity index (χ1n) is 10.6. The third-order valence-corrected chi connectivity index (χ3v) is 5.99. The Morgan fingerprint density at radius 1 is 0.962 bits per heavy atom. The van der Waals surface area contributed by atoms with Crippen LogP contribution in [0.1, 0.15) is 112 Å². The minimum atomic E-state index is -0.611. The molecule has 0 atom stereocenters. The van der Waals surface area contributed by atoms with Crippen molar-refractivity contribution in [1.82, 2.24) is 15.3 Å². The maximum Gasteiger partial charge on any atom is 0.269 e. The van der Waals surface area contributed by atoms with Gasteiger partial charge in [0.15, 0.2) is 0 Å². The van der Waals surface area contributed by atoms with Gasteiger partial charge in [0.1, 0.15) is 19.4 Å². The predicted molar refractivity (Wildman–Crippen MR) is 105 cm³/mol. The molecule has 4 nitrogen and oxygen atoms in total. The lowest BCUT2D eigenvalue weighted by Crippen LogP contribution is -2.49. The molecular weight excluding hydrogens is 321 g/mol. The molecule has 0 unspecified atom stereocenters. The average molecular weight is 353 g/mol. The average Bonchev–Trinajstić information content (AvgIpc) is 3.16. The van der Waals surface area contributed by atoms with Gasteiger partial charge in [-0.3, -0.25) is 4.79 Å². The molecule has 2 aliphatic rings. The van der Waals surface area contributed by atoms with Gasteiger partial charge >= 0.3 is 0 Å². The Hall–Kier alpha value is -1.39. The highest BCUT2D eigenvalue weighted by Gasteiger charge is 2.27. The van der Waals surface area contributed by atoms with Crippen molar-refractivity contribution in [2.45, 2.75) is 101 Å². The highest BCUT2D eigenvalue weighted by Crippen LogP contribution is 2.32. The number of nitrogens with zero attached hydrogens (tertiary/aromatic N) is 2. The van der Waals surface area contributed by atoms with Crippen LogP contribution in [0.25, 0.3) is 0 Å². The third-order valence-electron chi connectivity index (χ3n) is 5.99. The third kappa shape index (κ3) is 5.55. The van der Waals surface area contributed by atoms with Crippen molar-refractivity contribution in [3.05, 3.63) is 23.8 Å². The fourth-order valence-corrected chi connectivity index (χ4v) is 4.36. The molecule has 1 aromatic heterocycles. The largest absolute Gasteiger partial charge is 0.354 e. The van der Waals surface area contributed by atoms with Crippen LogP contribution >= 0.6 is 0 Å². The van der Waals surface area contributed by atoms with Gasteiger partial charge in [-0.25, -0.2) is 9.97 Å². The maximum absolute atomic E-state index is 12.8. The summed E-state index contributed by atoms with van der Waals surface area (Å²) in [6, 6.07) is 1.71. The number of amides is 1. The molecule has 3 rings (SSSR count). The molecule has 1 aromatic rings. The van der Waals surface area contributed by atoms with Crippen molar-refractivity contribution in [2.24, 2.45) is 0 Å². The first-order valence-corrected chi connectivity index (χ1v) is 10.6. The lowest BCUT2D eigenvalue weighted by atomic mass is 9.70. The molecule has 140 valence electrons. The molecule has 26 heavy (non-hydrogen) atoms. The zero-order chi connectivity index (χ0) is 18.2. The van der Waals surface area contributed by atoms with Crippen molar-refractivity contribution in [2.75, 3.05) is 0 Å². The van der Waals surface area contributed by atoms with Gasteiger partial charge in [-0.1, -0.05) is 64.2 Å². The van der Waals surface area contributed by atoms with E-state index < -0.39 is 5.44 Å².